The summed E-state index contributed by atoms with van der Waals surface area (Å²) in [7, 11) is 0. The van der Waals surface area contributed by atoms with Crippen LogP contribution in [0.2, 0.25) is 0 Å². The van der Waals surface area contributed by atoms with E-state index in [1.54, 1.807) is 0 Å². The van der Waals surface area contributed by atoms with Gasteiger partial charge in [0.25, 0.3) is 0 Å². The van der Waals surface area contributed by atoms with Crippen LogP contribution in [0.15, 0.2) is 48.5 Å². The third-order valence-corrected chi connectivity index (χ3v) is 3.76. The normalized spacial score (nSPS) is 12.1. The van der Waals surface area contributed by atoms with E-state index in [2.05, 4.69) is 55.6 Å². The lowest BCUT2D eigenvalue weighted by atomic mass is 10.1. The van der Waals surface area contributed by atoms with Crippen LogP contribution in [0.4, 0.5) is 0 Å². The van der Waals surface area contributed by atoms with Gasteiger partial charge < -0.3 is 15.2 Å². The Morgan fingerprint density at radius 2 is 1.64 bits per heavy atom. The van der Waals surface area contributed by atoms with Gasteiger partial charge in [0.1, 0.15) is 12.4 Å². The first-order chi connectivity index (χ1) is 10.7. The van der Waals surface area contributed by atoms with Crippen LogP contribution in [0.3, 0.4) is 0 Å². The molecule has 3 heteroatoms. The van der Waals surface area contributed by atoms with Crippen LogP contribution < -0.4 is 10.1 Å². The van der Waals surface area contributed by atoms with Crippen molar-refractivity contribution >= 4 is 0 Å². The lowest BCUT2D eigenvalue weighted by Crippen LogP contribution is -2.31. The molecule has 0 saturated heterocycles. The maximum atomic E-state index is 9.16. The van der Waals surface area contributed by atoms with Crippen molar-refractivity contribution in [3.05, 3.63) is 65.2 Å². The molecule has 0 heterocycles. The molecule has 0 bridgehead atoms. The summed E-state index contributed by atoms with van der Waals surface area (Å²) in [5.74, 6) is 0.874. The highest BCUT2D eigenvalue weighted by molar-refractivity contribution is 5.28. The van der Waals surface area contributed by atoms with E-state index in [9.17, 15) is 0 Å². The van der Waals surface area contributed by atoms with Gasteiger partial charge in [-0.2, -0.15) is 0 Å². The molecule has 0 aromatic heterocycles. The van der Waals surface area contributed by atoms with E-state index in [0.717, 1.165) is 18.7 Å². The molecular formula is C19H25NO2. The summed E-state index contributed by atoms with van der Waals surface area (Å²) < 4.78 is 5.79. The van der Waals surface area contributed by atoms with Crippen LogP contribution in [-0.4, -0.2) is 17.8 Å². The van der Waals surface area contributed by atoms with E-state index in [1.807, 2.05) is 12.1 Å². The zero-order valence-corrected chi connectivity index (χ0v) is 13.4. The van der Waals surface area contributed by atoms with Crippen molar-refractivity contribution in [3.63, 3.8) is 0 Å². The second kappa shape index (κ2) is 8.57. The number of aryl methyl sites for hydroxylation is 1. The first-order valence-corrected chi connectivity index (χ1v) is 7.82. The molecule has 0 amide bonds. The summed E-state index contributed by atoms with van der Waals surface area (Å²) in [6.45, 7) is 5.67. The van der Waals surface area contributed by atoms with Gasteiger partial charge in [-0.15, -0.1) is 0 Å². The molecule has 0 spiro atoms. The predicted octanol–water partition coefficient (Wildman–Crippen LogP) is 3.43. The Balaban J connectivity index is 1.82. The van der Waals surface area contributed by atoms with E-state index in [4.69, 9.17) is 9.84 Å². The highest BCUT2D eigenvalue weighted by Crippen LogP contribution is 2.14. The van der Waals surface area contributed by atoms with Crippen molar-refractivity contribution in [2.45, 2.75) is 39.5 Å². The van der Waals surface area contributed by atoms with Gasteiger partial charge in [0.05, 0.1) is 6.61 Å². The SMILES string of the molecule is CC[C@H](CO)NCc1ccc(OCc2ccc(C)cc2)cc1. The Morgan fingerprint density at radius 3 is 2.23 bits per heavy atom. The number of nitrogens with one attached hydrogen (secondary N) is 1. The van der Waals surface area contributed by atoms with Crippen molar-refractivity contribution in [3.8, 4) is 5.75 Å². The highest BCUT2D eigenvalue weighted by Gasteiger charge is 2.03. The molecule has 0 radical (unpaired) electrons. The third kappa shape index (κ3) is 5.17. The zero-order chi connectivity index (χ0) is 15.8. The van der Waals surface area contributed by atoms with Gasteiger partial charge in [-0.1, -0.05) is 48.9 Å². The second-order valence-electron chi connectivity index (χ2n) is 5.59. The third-order valence-electron chi connectivity index (χ3n) is 3.76. The molecule has 0 aliphatic carbocycles. The number of benzene rings is 2. The van der Waals surface area contributed by atoms with Gasteiger partial charge >= 0.3 is 0 Å². The minimum absolute atomic E-state index is 0.164. The van der Waals surface area contributed by atoms with Crippen LogP contribution in [0.25, 0.3) is 0 Å². The minimum Gasteiger partial charge on any atom is -0.489 e. The Bertz CT molecular complexity index is 545. The van der Waals surface area contributed by atoms with Crippen LogP contribution >= 0.6 is 0 Å². The molecule has 2 aromatic rings. The Kier molecular flexibility index (Phi) is 6.44. The quantitative estimate of drug-likeness (QED) is 0.784. The predicted molar refractivity (Wildman–Crippen MR) is 90.0 cm³/mol. The summed E-state index contributed by atoms with van der Waals surface area (Å²) >= 11 is 0. The number of hydrogen-bond acceptors (Lipinski definition) is 3. The molecule has 22 heavy (non-hydrogen) atoms. The number of hydrogen-bond donors (Lipinski definition) is 2. The molecule has 2 rings (SSSR count). The molecule has 0 aliphatic rings. The van der Waals surface area contributed by atoms with Crippen LogP contribution in [-0.2, 0) is 13.2 Å². The van der Waals surface area contributed by atoms with Crippen LogP contribution in [0.1, 0.15) is 30.0 Å². The van der Waals surface area contributed by atoms with E-state index in [1.165, 1.54) is 16.7 Å². The van der Waals surface area contributed by atoms with Crippen LogP contribution in [0.5, 0.6) is 5.75 Å². The van der Waals surface area contributed by atoms with Gasteiger partial charge in [-0.3, -0.25) is 0 Å². The summed E-state index contributed by atoms with van der Waals surface area (Å²) in [6.07, 6.45) is 0.925. The van der Waals surface area contributed by atoms with Crippen molar-refractivity contribution in [2.24, 2.45) is 0 Å². The maximum absolute atomic E-state index is 9.16. The standard InChI is InChI=1S/C19H25NO2/c1-3-18(13-21)20-12-16-8-10-19(11-9-16)22-14-17-6-4-15(2)5-7-17/h4-11,18,20-21H,3,12-14H2,1-2H3/t18-/m1/s1. The van der Waals surface area contributed by atoms with Gasteiger partial charge in [0, 0.05) is 12.6 Å². The van der Waals surface area contributed by atoms with Gasteiger partial charge in [-0.25, -0.2) is 0 Å². The Labute approximate surface area is 133 Å². The molecule has 2 N–H and O–H groups in total. The van der Waals surface area contributed by atoms with Crippen molar-refractivity contribution in [1.29, 1.82) is 0 Å². The summed E-state index contributed by atoms with van der Waals surface area (Å²) in [4.78, 5) is 0. The molecule has 0 unspecified atom stereocenters. The molecule has 3 nitrogen and oxygen atoms in total. The lowest BCUT2D eigenvalue weighted by molar-refractivity contribution is 0.238. The highest BCUT2D eigenvalue weighted by atomic mass is 16.5. The van der Waals surface area contributed by atoms with Crippen molar-refractivity contribution < 1.29 is 9.84 Å². The Hall–Kier alpha value is -1.84. The second-order valence-corrected chi connectivity index (χ2v) is 5.59. The monoisotopic (exact) mass is 299 g/mol. The molecule has 1 atom stereocenters. The average Bonchev–Trinajstić information content (AvgIpc) is 2.56. The van der Waals surface area contributed by atoms with E-state index >= 15 is 0 Å². The summed E-state index contributed by atoms with van der Waals surface area (Å²) in [6, 6.07) is 16.6. The first-order valence-electron chi connectivity index (χ1n) is 7.82. The van der Waals surface area contributed by atoms with Crippen molar-refractivity contribution in [1.82, 2.24) is 5.32 Å². The maximum Gasteiger partial charge on any atom is 0.119 e. The fourth-order valence-corrected chi connectivity index (χ4v) is 2.15. The molecule has 118 valence electrons. The Morgan fingerprint density at radius 1 is 1.00 bits per heavy atom. The smallest absolute Gasteiger partial charge is 0.119 e. The first kappa shape index (κ1) is 16.5. The number of ether oxygens (including phenoxy) is 1. The molecule has 0 fully saturated rings. The minimum atomic E-state index is 0.164. The van der Waals surface area contributed by atoms with E-state index < -0.39 is 0 Å². The largest absolute Gasteiger partial charge is 0.489 e. The van der Waals surface area contributed by atoms with Crippen molar-refractivity contribution in [2.75, 3.05) is 6.61 Å². The molecule has 2 aromatic carbocycles. The summed E-state index contributed by atoms with van der Waals surface area (Å²) in [5.41, 5.74) is 3.62. The topological polar surface area (TPSA) is 41.5 Å². The van der Waals surface area contributed by atoms with Gasteiger partial charge in [0.2, 0.25) is 0 Å². The number of aliphatic hydroxyl groups is 1. The van der Waals surface area contributed by atoms with E-state index in [-0.39, 0.29) is 12.6 Å². The molecule has 0 saturated carbocycles. The number of rotatable bonds is 8. The average molecular weight is 299 g/mol. The molecular weight excluding hydrogens is 274 g/mol. The van der Waals surface area contributed by atoms with Gasteiger partial charge in [0.15, 0.2) is 0 Å². The molecule has 0 aliphatic heterocycles. The number of aliphatic hydroxyl groups excluding tert-OH is 1. The lowest BCUT2D eigenvalue weighted by Gasteiger charge is -2.14. The van der Waals surface area contributed by atoms with Crippen LogP contribution in [0, 0.1) is 6.92 Å². The summed E-state index contributed by atoms with van der Waals surface area (Å²) in [5, 5.41) is 12.5. The van der Waals surface area contributed by atoms with Gasteiger partial charge in [-0.05, 0) is 36.6 Å². The fourth-order valence-electron chi connectivity index (χ4n) is 2.15. The van der Waals surface area contributed by atoms with E-state index in [0.29, 0.717) is 6.61 Å². The zero-order valence-electron chi connectivity index (χ0n) is 13.4. The fraction of sp³-hybridized carbons (Fsp3) is 0.368.